The molecule has 172 valence electrons. The maximum Gasteiger partial charge on any atom is 0.0219 e. The Hall–Kier alpha value is -0.720. The van der Waals surface area contributed by atoms with Gasteiger partial charge in [0.2, 0.25) is 0 Å². The molecule has 0 saturated heterocycles. The topological polar surface area (TPSA) is 3.24 Å². The van der Waals surface area contributed by atoms with Gasteiger partial charge in [0, 0.05) is 6.54 Å². The molecule has 1 nitrogen and oxygen atoms in total. The van der Waals surface area contributed by atoms with E-state index in [1.807, 2.05) is 0 Å². The first-order valence-corrected chi connectivity index (χ1v) is 13.4. The molecular formula is C28H55N. The molecule has 0 amide bonds. The lowest BCUT2D eigenvalue weighted by Gasteiger charge is -2.15. The van der Waals surface area contributed by atoms with Gasteiger partial charge in [-0.05, 0) is 44.5 Å². The molecule has 0 spiro atoms. The van der Waals surface area contributed by atoms with Crippen molar-refractivity contribution in [3.05, 3.63) is 24.6 Å². The van der Waals surface area contributed by atoms with E-state index in [-0.39, 0.29) is 0 Å². The van der Waals surface area contributed by atoms with Crippen LogP contribution in [0.2, 0.25) is 0 Å². The summed E-state index contributed by atoms with van der Waals surface area (Å²) >= 11 is 0. The van der Waals surface area contributed by atoms with Crippen molar-refractivity contribution in [3.63, 3.8) is 0 Å². The standard InChI is InChI=1S/C28H55N/c1-4-7-10-13-16-17-18-19-22-25-28-29(26-23-20-14-11-8-5-2)27-24-21-15-12-9-6-3/h23-24,26-27H,4-22,25,28H2,1-3H3. The first-order valence-electron chi connectivity index (χ1n) is 13.4. The molecule has 0 aliphatic heterocycles. The summed E-state index contributed by atoms with van der Waals surface area (Å²) in [7, 11) is 0. The van der Waals surface area contributed by atoms with Crippen molar-refractivity contribution < 1.29 is 0 Å². The number of nitrogens with zero attached hydrogens (tertiary/aromatic N) is 1. The molecule has 0 aliphatic rings. The summed E-state index contributed by atoms with van der Waals surface area (Å²) in [6, 6.07) is 0. The van der Waals surface area contributed by atoms with Gasteiger partial charge >= 0.3 is 0 Å². The largest absolute Gasteiger partial charge is 0.355 e. The Balaban J connectivity index is 3.94. The zero-order chi connectivity index (χ0) is 21.3. The fraction of sp³-hybridized carbons (Fsp3) is 0.857. The van der Waals surface area contributed by atoms with Crippen molar-refractivity contribution in [2.24, 2.45) is 0 Å². The normalized spacial score (nSPS) is 11.8. The van der Waals surface area contributed by atoms with Gasteiger partial charge in [0.1, 0.15) is 0 Å². The Labute approximate surface area is 185 Å². The Morgan fingerprint density at radius 2 is 0.759 bits per heavy atom. The lowest BCUT2D eigenvalue weighted by atomic mass is 10.1. The fourth-order valence-electron chi connectivity index (χ4n) is 3.78. The molecule has 0 saturated carbocycles. The van der Waals surface area contributed by atoms with Crippen molar-refractivity contribution in [2.45, 2.75) is 149 Å². The van der Waals surface area contributed by atoms with Crippen molar-refractivity contribution in [3.8, 4) is 0 Å². The van der Waals surface area contributed by atoms with Gasteiger partial charge in [-0.25, -0.2) is 0 Å². The minimum absolute atomic E-state index is 1.19. The average Bonchev–Trinajstić information content (AvgIpc) is 2.73. The van der Waals surface area contributed by atoms with Gasteiger partial charge in [-0.15, -0.1) is 0 Å². The highest BCUT2D eigenvalue weighted by Crippen LogP contribution is 2.12. The number of hydrogen-bond donors (Lipinski definition) is 0. The molecule has 0 aromatic rings. The van der Waals surface area contributed by atoms with Crippen molar-refractivity contribution in [1.82, 2.24) is 4.90 Å². The van der Waals surface area contributed by atoms with Crippen molar-refractivity contribution in [1.29, 1.82) is 0 Å². The van der Waals surface area contributed by atoms with Crippen molar-refractivity contribution >= 4 is 0 Å². The minimum atomic E-state index is 1.19. The molecule has 0 heterocycles. The van der Waals surface area contributed by atoms with Crippen LogP contribution in [0, 0.1) is 0 Å². The van der Waals surface area contributed by atoms with Crippen LogP contribution in [-0.4, -0.2) is 11.4 Å². The molecule has 0 N–H and O–H groups in total. The van der Waals surface area contributed by atoms with Gasteiger partial charge in [0.05, 0.1) is 0 Å². The minimum Gasteiger partial charge on any atom is -0.355 e. The van der Waals surface area contributed by atoms with E-state index in [0.717, 1.165) is 0 Å². The van der Waals surface area contributed by atoms with Crippen LogP contribution in [0.5, 0.6) is 0 Å². The Bertz CT molecular complexity index is 322. The maximum atomic E-state index is 2.45. The molecule has 0 aromatic carbocycles. The van der Waals surface area contributed by atoms with Crippen LogP contribution < -0.4 is 0 Å². The summed E-state index contributed by atoms with van der Waals surface area (Å²) in [5.41, 5.74) is 0. The molecule has 0 atom stereocenters. The van der Waals surface area contributed by atoms with Crippen LogP contribution in [0.15, 0.2) is 24.6 Å². The van der Waals surface area contributed by atoms with Crippen LogP contribution in [0.4, 0.5) is 0 Å². The molecule has 0 aromatic heterocycles. The lowest BCUT2D eigenvalue weighted by Crippen LogP contribution is -2.11. The second kappa shape index (κ2) is 25.3. The zero-order valence-electron chi connectivity index (χ0n) is 20.6. The van der Waals surface area contributed by atoms with E-state index in [0.29, 0.717) is 0 Å². The highest BCUT2D eigenvalue weighted by atomic mass is 15.1. The maximum absolute atomic E-state index is 2.45. The SMILES string of the molecule is CCCCCCC=CN(C=CCCCCCC)CCCCCCCCCCCC. The summed E-state index contributed by atoms with van der Waals surface area (Å²) in [6.45, 7) is 8.06. The predicted octanol–water partition coefficient (Wildman–Crippen LogP) is 10.2. The Kier molecular flexibility index (Phi) is 24.7. The van der Waals surface area contributed by atoms with Crippen LogP contribution in [0.1, 0.15) is 149 Å². The number of rotatable bonds is 23. The van der Waals surface area contributed by atoms with E-state index >= 15 is 0 Å². The highest BCUT2D eigenvalue weighted by molar-refractivity contribution is 4.92. The second-order valence-electron chi connectivity index (χ2n) is 8.89. The molecule has 0 radical (unpaired) electrons. The third-order valence-electron chi connectivity index (χ3n) is 5.81. The average molecular weight is 406 g/mol. The van der Waals surface area contributed by atoms with E-state index in [2.05, 4.69) is 50.2 Å². The third kappa shape index (κ3) is 23.4. The van der Waals surface area contributed by atoms with Gasteiger partial charge < -0.3 is 4.90 Å². The number of allylic oxidation sites excluding steroid dienone is 2. The zero-order valence-corrected chi connectivity index (χ0v) is 20.6. The van der Waals surface area contributed by atoms with Gasteiger partial charge in [0.25, 0.3) is 0 Å². The van der Waals surface area contributed by atoms with E-state index in [1.165, 1.54) is 135 Å². The number of hydrogen-bond acceptors (Lipinski definition) is 1. The Morgan fingerprint density at radius 1 is 0.414 bits per heavy atom. The quantitative estimate of drug-likeness (QED) is 0.153. The van der Waals surface area contributed by atoms with E-state index < -0.39 is 0 Å². The smallest absolute Gasteiger partial charge is 0.0219 e. The fourth-order valence-corrected chi connectivity index (χ4v) is 3.78. The third-order valence-corrected chi connectivity index (χ3v) is 5.81. The summed E-state index contributed by atoms with van der Waals surface area (Å²) < 4.78 is 0. The van der Waals surface area contributed by atoms with Gasteiger partial charge in [-0.3, -0.25) is 0 Å². The molecular weight excluding hydrogens is 350 g/mol. The van der Waals surface area contributed by atoms with Crippen LogP contribution in [0.25, 0.3) is 0 Å². The highest BCUT2D eigenvalue weighted by Gasteiger charge is 1.97. The lowest BCUT2D eigenvalue weighted by molar-refractivity contribution is 0.460. The molecule has 0 fully saturated rings. The van der Waals surface area contributed by atoms with Gasteiger partial charge in [-0.2, -0.15) is 0 Å². The van der Waals surface area contributed by atoms with Crippen LogP contribution in [-0.2, 0) is 0 Å². The molecule has 0 aliphatic carbocycles. The predicted molar refractivity (Wildman–Crippen MR) is 134 cm³/mol. The molecule has 0 rings (SSSR count). The van der Waals surface area contributed by atoms with Crippen LogP contribution >= 0.6 is 0 Å². The summed E-state index contributed by atoms with van der Waals surface area (Å²) in [4.78, 5) is 2.45. The Morgan fingerprint density at radius 3 is 1.17 bits per heavy atom. The molecule has 1 heteroatoms. The van der Waals surface area contributed by atoms with E-state index in [9.17, 15) is 0 Å². The number of unbranched alkanes of at least 4 members (excludes halogenated alkanes) is 17. The second-order valence-corrected chi connectivity index (χ2v) is 8.89. The molecule has 0 unspecified atom stereocenters. The van der Waals surface area contributed by atoms with Crippen molar-refractivity contribution in [2.75, 3.05) is 6.54 Å². The first-order chi connectivity index (χ1) is 14.3. The van der Waals surface area contributed by atoms with E-state index in [4.69, 9.17) is 0 Å². The molecule has 29 heavy (non-hydrogen) atoms. The van der Waals surface area contributed by atoms with Crippen LogP contribution in [0.3, 0.4) is 0 Å². The summed E-state index contributed by atoms with van der Waals surface area (Å²) in [5, 5.41) is 0. The first kappa shape index (κ1) is 28.3. The summed E-state index contributed by atoms with van der Waals surface area (Å²) in [6.07, 6.45) is 37.0. The molecule has 0 bridgehead atoms. The van der Waals surface area contributed by atoms with Gasteiger partial charge in [0.15, 0.2) is 0 Å². The monoisotopic (exact) mass is 405 g/mol. The van der Waals surface area contributed by atoms with E-state index in [1.54, 1.807) is 0 Å². The van der Waals surface area contributed by atoms with Gasteiger partial charge in [-0.1, -0.05) is 129 Å². The summed E-state index contributed by atoms with van der Waals surface area (Å²) in [5.74, 6) is 0.